The van der Waals surface area contributed by atoms with Gasteiger partial charge in [-0.05, 0) is 53.4 Å². The summed E-state index contributed by atoms with van der Waals surface area (Å²) < 4.78 is 1.17. The molecule has 1 atom stereocenters. The SMILES string of the molecule is Cc1ccc(CC(Cc2ccc(Br)s2)NN)cc1. The van der Waals surface area contributed by atoms with Gasteiger partial charge in [-0.2, -0.15) is 0 Å². The van der Waals surface area contributed by atoms with Crippen molar-refractivity contribution in [2.24, 2.45) is 5.84 Å². The van der Waals surface area contributed by atoms with Gasteiger partial charge in [-0.1, -0.05) is 29.8 Å². The molecule has 3 N–H and O–H groups in total. The van der Waals surface area contributed by atoms with Crippen molar-refractivity contribution < 1.29 is 0 Å². The molecule has 18 heavy (non-hydrogen) atoms. The lowest BCUT2D eigenvalue weighted by atomic mass is 10.0. The number of rotatable bonds is 5. The van der Waals surface area contributed by atoms with Gasteiger partial charge in [0, 0.05) is 10.9 Å². The van der Waals surface area contributed by atoms with Crippen molar-refractivity contribution in [1.29, 1.82) is 0 Å². The first-order valence-corrected chi connectivity index (χ1v) is 7.54. The van der Waals surface area contributed by atoms with Crippen LogP contribution in [0.3, 0.4) is 0 Å². The lowest BCUT2D eigenvalue weighted by Crippen LogP contribution is -2.38. The van der Waals surface area contributed by atoms with E-state index in [1.165, 1.54) is 19.8 Å². The minimum absolute atomic E-state index is 0.276. The smallest absolute Gasteiger partial charge is 0.0701 e. The van der Waals surface area contributed by atoms with Crippen LogP contribution in [0.25, 0.3) is 0 Å². The van der Waals surface area contributed by atoms with E-state index in [-0.39, 0.29) is 6.04 Å². The summed E-state index contributed by atoms with van der Waals surface area (Å²) in [5.74, 6) is 5.65. The molecule has 0 spiro atoms. The molecular formula is C14H17BrN2S. The molecular weight excluding hydrogens is 308 g/mol. The molecule has 1 aromatic carbocycles. The number of aryl methyl sites for hydroxylation is 1. The molecule has 0 bridgehead atoms. The molecule has 0 aliphatic rings. The third-order valence-electron chi connectivity index (χ3n) is 2.91. The molecule has 96 valence electrons. The first kappa shape index (κ1) is 13.7. The third-order valence-corrected chi connectivity index (χ3v) is 4.56. The van der Waals surface area contributed by atoms with Gasteiger partial charge in [-0.3, -0.25) is 11.3 Å². The molecule has 0 amide bonds. The van der Waals surface area contributed by atoms with Gasteiger partial charge in [0.15, 0.2) is 0 Å². The standard InChI is InChI=1S/C14H17BrN2S/c1-10-2-4-11(5-3-10)8-12(17-16)9-13-6-7-14(15)18-13/h2-7,12,17H,8-9,16H2,1H3. The second kappa shape index (κ2) is 6.48. The quantitative estimate of drug-likeness (QED) is 0.653. The summed E-state index contributed by atoms with van der Waals surface area (Å²) in [6, 6.07) is 13.1. The lowest BCUT2D eigenvalue weighted by Gasteiger charge is -2.15. The molecule has 0 radical (unpaired) electrons. The average Bonchev–Trinajstić information content (AvgIpc) is 2.77. The number of thiophene rings is 1. The highest BCUT2D eigenvalue weighted by Gasteiger charge is 2.10. The molecule has 0 saturated heterocycles. The van der Waals surface area contributed by atoms with Crippen LogP contribution in [0.4, 0.5) is 0 Å². The topological polar surface area (TPSA) is 38.0 Å². The highest BCUT2D eigenvalue weighted by molar-refractivity contribution is 9.11. The normalized spacial score (nSPS) is 12.6. The van der Waals surface area contributed by atoms with Gasteiger partial charge >= 0.3 is 0 Å². The van der Waals surface area contributed by atoms with Crippen LogP contribution >= 0.6 is 27.3 Å². The third kappa shape index (κ3) is 3.92. The van der Waals surface area contributed by atoms with E-state index in [0.717, 1.165) is 12.8 Å². The fourth-order valence-corrected chi connectivity index (χ4v) is 3.47. The van der Waals surface area contributed by atoms with E-state index >= 15 is 0 Å². The maximum atomic E-state index is 5.65. The number of nitrogens with two attached hydrogens (primary N) is 1. The van der Waals surface area contributed by atoms with Crippen LogP contribution in [0.5, 0.6) is 0 Å². The molecule has 2 rings (SSSR count). The number of nitrogens with one attached hydrogen (secondary N) is 1. The first-order valence-electron chi connectivity index (χ1n) is 5.93. The van der Waals surface area contributed by atoms with Crippen molar-refractivity contribution in [1.82, 2.24) is 5.43 Å². The van der Waals surface area contributed by atoms with Crippen molar-refractivity contribution >= 4 is 27.3 Å². The highest BCUT2D eigenvalue weighted by atomic mass is 79.9. The molecule has 0 aliphatic carbocycles. The van der Waals surface area contributed by atoms with Gasteiger partial charge < -0.3 is 0 Å². The summed E-state index contributed by atoms with van der Waals surface area (Å²) in [4.78, 5) is 1.34. The van der Waals surface area contributed by atoms with E-state index < -0.39 is 0 Å². The fourth-order valence-electron chi connectivity index (χ4n) is 1.90. The van der Waals surface area contributed by atoms with E-state index in [0.29, 0.717) is 0 Å². The molecule has 4 heteroatoms. The van der Waals surface area contributed by atoms with Crippen molar-refractivity contribution in [3.05, 3.63) is 56.2 Å². The van der Waals surface area contributed by atoms with Crippen LogP contribution in [-0.2, 0) is 12.8 Å². The highest BCUT2D eigenvalue weighted by Crippen LogP contribution is 2.23. The van der Waals surface area contributed by atoms with Gasteiger partial charge in [0.05, 0.1) is 3.79 Å². The van der Waals surface area contributed by atoms with E-state index in [1.54, 1.807) is 11.3 Å². The van der Waals surface area contributed by atoms with E-state index in [2.05, 4.69) is 64.7 Å². The Kier molecular flexibility index (Phi) is 4.95. The summed E-state index contributed by atoms with van der Waals surface area (Å²) in [6.07, 6.45) is 1.91. The van der Waals surface area contributed by atoms with Crippen LogP contribution in [-0.4, -0.2) is 6.04 Å². The predicted octanol–water partition coefficient (Wildman–Crippen LogP) is 3.44. The van der Waals surface area contributed by atoms with E-state index in [9.17, 15) is 0 Å². The van der Waals surface area contributed by atoms with Gasteiger partial charge in [-0.15, -0.1) is 11.3 Å². The van der Waals surface area contributed by atoms with Crippen molar-refractivity contribution in [2.45, 2.75) is 25.8 Å². The second-order valence-corrected chi connectivity index (χ2v) is 7.01. The Balaban J connectivity index is 1.99. The van der Waals surface area contributed by atoms with Gasteiger partial charge in [0.2, 0.25) is 0 Å². The molecule has 2 nitrogen and oxygen atoms in total. The summed E-state index contributed by atoms with van der Waals surface area (Å²) in [5.41, 5.74) is 5.52. The van der Waals surface area contributed by atoms with Gasteiger partial charge in [0.1, 0.15) is 0 Å². The van der Waals surface area contributed by atoms with Crippen molar-refractivity contribution in [2.75, 3.05) is 0 Å². The Morgan fingerprint density at radius 3 is 2.44 bits per heavy atom. The number of hydrazine groups is 1. The van der Waals surface area contributed by atoms with E-state index in [4.69, 9.17) is 5.84 Å². The molecule has 2 aromatic rings. The first-order chi connectivity index (χ1) is 8.67. The molecule has 0 aliphatic heterocycles. The zero-order chi connectivity index (χ0) is 13.0. The zero-order valence-electron chi connectivity index (χ0n) is 10.3. The predicted molar refractivity (Wildman–Crippen MR) is 81.7 cm³/mol. The Morgan fingerprint density at radius 1 is 1.17 bits per heavy atom. The molecule has 0 fully saturated rings. The van der Waals surface area contributed by atoms with Gasteiger partial charge in [-0.25, -0.2) is 0 Å². The Labute approximate surface area is 120 Å². The zero-order valence-corrected chi connectivity index (χ0v) is 12.7. The van der Waals surface area contributed by atoms with Gasteiger partial charge in [0.25, 0.3) is 0 Å². The second-order valence-electron chi connectivity index (χ2n) is 4.46. The molecule has 1 unspecified atom stereocenters. The van der Waals surface area contributed by atoms with Crippen LogP contribution in [0, 0.1) is 6.92 Å². The largest absolute Gasteiger partial charge is 0.271 e. The summed E-state index contributed by atoms with van der Waals surface area (Å²) in [5, 5.41) is 0. The minimum atomic E-state index is 0.276. The van der Waals surface area contributed by atoms with Crippen LogP contribution < -0.4 is 11.3 Å². The molecule has 1 heterocycles. The molecule has 0 saturated carbocycles. The summed E-state index contributed by atoms with van der Waals surface area (Å²) in [6.45, 7) is 2.10. The molecule has 1 aromatic heterocycles. The van der Waals surface area contributed by atoms with Crippen LogP contribution in [0.2, 0.25) is 0 Å². The summed E-state index contributed by atoms with van der Waals surface area (Å²) >= 11 is 5.25. The monoisotopic (exact) mass is 324 g/mol. The number of hydrogen-bond acceptors (Lipinski definition) is 3. The Hall–Kier alpha value is -0.680. The van der Waals surface area contributed by atoms with E-state index in [1.807, 2.05) is 0 Å². The van der Waals surface area contributed by atoms with Crippen molar-refractivity contribution in [3.8, 4) is 0 Å². The Bertz CT molecular complexity index is 493. The summed E-state index contributed by atoms with van der Waals surface area (Å²) in [7, 11) is 0. The van der Waals surface area contributed by atoms with Crippen LogP contribution in [0.15, 0.2) is 40.2 Å². The lowest BCUT2D eigenvalue weighted by molar-refractivity contribution is 0.525. The number of benzene rings is 1. The average molecular weight is 325 g/mol. The number of hydrogen-bond donors (Lipinski definition) is 2. The fraction of sp³-hybridized carbons (Fsp3) is 0.286. The van der Waals surface area contributed by atoms with Crippen molar-refractivity contribution in [3.63, 3.8) is 0 Å². The number of halogens is 1. The Morgan fingerprint density at radius 2 is 1.89 bits per heavy atom. The maximum Gasteiger partial charge on any atom is 0.0701 e. The minimum Gasteiger partial charge on any atom is -0.271 e. The maximum absolute atomic E-state index is 5.65. The van der Waals surface area contributed by atoms with Crippen LogP contribution in [0.1, 0.15) is 16.0 Å².